The van der Waals surface area contributed by atoms with Gasteiger partial charge in [-0.25, -0.2) is 4.98 Å². The lowest BCUT2D eigenvalue weighted by Crippen LogP contribution is -1.82. The fourth-order valence-corrected chi connectivity index (χ4v) is 1.10. The quantitative estimate of drug-likeness (QED) is 0.690. The van der Waals surface area contributed by atoms with E-state index in [2.05, 4.69) is 15.2 Å². The molecule has 0 radical (unpaired) electrons. The fraction of sp³-hybridized carbons (Fsp3) is 0.111. The minimum absolute atomic E-state index is 0.272. The fourth-order valence-electron chi connectivity index (χ4n) is 1.10. The molecular formula is C9H9N3O. The summed E-state index contributed by atoms with van der Waals surface area (Å²) in [5.74, 6) is 0.934. The van der Waals surface area contributed by atoms with Crippen molar-refractivity contribution in [1.82, 2.24) is 15.2 Å². The standard InChI is InChI=1S/C9H9N3O/c1-6-2-3-7(4-8(6)13)9-10-5-11-12-9/h2-5,13H,1H3,(H,10,11,12). The Morgan fingerprint density at radius 2 is 2.23 bits per heavy atom. The van der Waals surface area contributed by atoms with Gasteiger partial charge >= 0.3 is 0 Å². The molecule has 1 aromatic carbocycles. The molecule has 66 valence electrons. The summed E-state index contributed by atoms with van der Waals surface area (Å²) < 4.78 is 0. The molecule has 13 heavy (non-hydrogen) atoms. The van der Waals surface area contributed by atoms with Crippen molar-refractivity contribution in [2.75, 3.05) is 0 Å². The van der Waals surface area contributed by atoms with Crippen LogP contribution >= 0.6 is 0 Å². The van der Waals surface area contributed by atoms with Gasteiger partial charge < -0.3 is 5.11 Å². The Labute approximate surface area is 75.3 Å². The Kier molecular flexibility index (Phi) is 1.73. The average Bonchev–Trinajstić information content (AvgIpc) is 2.62. The molecule has 0 saturated heterocycles. The zero-order valence-corrected chi connectivity index (χ0v) is 7.15. The second kappa shape index (κ2) is 2.90. The number of aromatic hydroxyl groups is 1. The minimum atomic E-state index is 0.272. The van der Waals surface area contributed by atoms with Crippen molar-refractivity contribution in [3.8, 4) is 17.1 Å². The molecule has 0 aliphatic carbocycles. The summed E-state index contributed by atoms with van der Waals surface area (Å²) >= 11 is 0. The van der Waals surface area contributed by atoms with Crippen LogP contribution in [0.5, 0.6) is 5.75 Å². The highest BCUT2D eigenvalue weighted by Gasteiger charge is 2.02. The summed E-state index contributed by atoms with van der Waals surface area (Å²) in [7, 11) is 0. The lowest BCUT2D eigenvalue weighted by atomic mass is 10.1. The summed E-state index contributed by atoms with van der Waals surface area (Å²) in [4.78, 5) is 3.98. The Balaban J connectivity index is 2.49. The second-order valence-corrected chi connectivity index (χ2v) is 2.84. The van der Waals surface area contributed by atoms with E-state index in [1.165, 1.54) is 6.33 Å². The minimum Gasteiger partial charge on any atom is -0.508 e. The Morgan fingerprint density at radius 1 is 1.38 bits per heavy atom. The molecule has 0 bridgehead atoms. The van der Waals surface area contributed by atoms with E-state index in [-0.39, 0.29) is 5.75 Å². The van der Waals surface area contributed by atoms with Crippen molar-refractivity contribution < 1.29 is 5.11 Å². The van der Waals surface area contributed by atoms with Crippen molar-refractivity contribution in [3.63, 3.8) is 0 Å². The van der Waals surface area contributed by atoms with Gasteiger partial charge in [-0.05, 0) is 18.6 Å². The van der Waals surface area contributed by atoms with Gasteiger partial charge in [0.1, 0.15) is 12.1 Å². The number of nitrogens with one attached hydrogen (secondary N) is 1. The third-order valence-electron chi connectivity index (χ3n) is 1.90. The number of hydrogen-bond donors (Lipinski definition) is 2. The van der Waals surface area contributed by atoms with Crippen LogP contribution in [0.4, 0.5) is 0 Å². The Hall–Kier alpha value is -1.84. The molecule has 0 aliphatic heterocycles. The topological polar surface area (TPSA) is 61.8 Å². The van der Waals surface area contributed by atoms with Crippen LogP contribution in [0.3, 0.4) is 0 Å². The molecule has 0 amide bonds. The predicted molar refractivity (Wildman–Crippen MR) is 48.2 cm³/mol. The van der Waals surface area contributed by atoms with Crippen molar-refractivity contribution in [2.45, 2.75) is 6.92 Å². The normalized spacial score (nSPS) is 10.2. The molecule has 2 rings (SSSR count). The first kappa shape index (κ1) is 7.79. The van der Waals surface area contributed by atoms with E-state index in [0.29, 0.717) is 5.82 Å². The molecule has 4 nitrogen and oxygen atoms in total. The first-order chi connectivity index (χ1) is 6.27. The number of benzene rings is 1. The highest BCUT2D eigenvalue weighted by Crippen LogP contribution is 2.22. The second-order valence-electron chi connectivity index (χ2n) is 2.84. The number of hydrogen-bond acceptors (Lipinski definition) is 3. The maximum absolute atomic E-state index is 9.44. The first-order valence-electron chi connectivity index (χ1n) is 3.93. The van der Waals surface area contributed by atoms with Gasteiger partial charge in [0.15, 0.2) is 5.82 Å². The number of nitrogens with zero attached hydrogens (tertiary/aromatic N) is 2. The average molecular weight is 175 g/mol. The largest absolute Gasteiger partial charge is 0.508 e. The highest BCUT2D eigenvalue weighted by atomic mass is 16.3. The van der Waals surface area contributed by atoms with Gasteiger partial charge in [-0.2, -0.15) is 5.10 Å². The maximum Gasteiger partial charge on any atom is 0.155 e. The monoisotopic (exact) mass is 175 g/mol. The highest BCUT2D eigenvalue weighted by molar-refractivity contribution is 5.58. The maximum atomic E-state index is 9.44. The predicted octanol–water partition coefficient (Wildman–Crippen LogP) is 1.49. The Morgan fingerprint density at radius 3 is 2.85 bits per heavy atom. The molecule has 0 aliphatic rings. The van der Waals surface area contributed by atoms with Crippen LogP contribution in [-0.2, 0) is 0 Å². The molecular weight excluding hydrogens is 166 g/mol. The van der Waals surface area contributed by atoms with Gasteiger partial charge in [0.25, 0.3) is 0 Å². The molecule has 2 N–H and O–H groups in total. The van der Waals surface area contributed by atoms with Crippen molar-refractivity contribution >= 4 is 0 Å². The number of rotatable bonds is 1. The van der Waals surface area contributed by atoms with E-state index < -0.39 is 0 Å². The van der Waals surface area contributed by atoms with Crippen LogP contribution in [-0.4, -0.2) is 20.3 Å². The summed E-state index contributed by atoms with van der Waals surface area (Å²) in [6.07, 6.45) is 1.44. The number of phenolic OH excluding ortho intramolecular Hbond substituents is 1. The molecule has 2 aromatic rings. The van der Waals surface area contributed by atoms with Gasteiger partial charge in [-0.1, -0.05) is 12.1 Å². The molecule has 0 saturated carbocycles. The van der Waals surface area contributed by atoms with Crippen LogP contribution in [0.15, 0.2) is 24.5 Å². The van der Waals surface area contributed by atoms with Crippen LogP contribution in [0, 0.1) is 6.92 Å². The van der Waals surface area contributed by atoms with Gasteiger partial charge in [0.05, 0.1) is 0 Å². The molecule has 0 unspecified atom stereocenters. The van der Waals surface area contributed by atoms with Gasteiger partial charge in [0.2, 0.25) is 0 Å². The van der Waals surface area contributed by atoms with Gasteiger partial charge in [0, 0.05) is 5.56 Å². The number of H-pyrrole nitrogens is 1. The van der Waals surface area contributed by atoms with Crippen molar-refractivity contribution in [2.24, 2.45) is 0 Å². The number of phenols is 1. The number of aromatic amines is 1. The van der Waals surface area contributed by atoms with Crippen LogP contribution < -0.4 is 0 Å². The summed E-state index contributed by atoms with van der Waals surface area (Å²) in [5, 5.41) is 15.9. The Bertz CT molecular complexity index is 409. The molecule has 0 fully saturated rings. The zero-order chi connectivity index (χ0) is 9.26. The molecule has 4 heteroatoms. The van der Waals surface area contributed by atoms with E-state index in [1.54, 1.807) is 6.07 Å². The van der Waals surface area contributed by atoms with Gasteiger partial charge in [-0.3, -0.25) is 5.10 Å². The van der Waals surface area contributed by atoms with Crippen LogP contribution in [0.25, 0.3) is 11.4 Å². The summed E-state index contributed by atoms with van der Waals surface area (Å²) in [5.41, 5.74) is 1.68. The van der Waals surface area contributed by atoms with E-state index in [1.807, 2.05) is 19.1 Å². The molecule has 0 atom stereocenters. The molecule has 1 aromatic heterocycles. The van der Waals surface area contributed by atoms with Crippen LogP contribution in [0.2, 0.25) is 0 Å². The molecule has 0 spiro atoms. The lowest BCUT2D eigenvalue weighted by molar-refractivity contribution is 0.471. The van der Waals surface area contributed by atoms with Crippen molar-refractivity contribution in [1.29, 1.82) is 0 Å². The summed E-state index contributed by atoms with van der Waals surface area (Å²) in [6.45, 7) is 1.85. The molecule has 1 heterocycles. The first-order valence-corrected chi connectivity index (χ1v) is 3.93. The number of aryl methyl sites for hydroxylation is 1. The van der Waals surface area contributed by atoms with E-state index in [0.717, 1.165) is 11.1 Å². The SMILES string of the molecule is Cc1ccc(-c2ncn[nH]2)cc1O. The van der Waals surface area contributed by atoms with Crippen LogP contribution in [0.1, 0.15) is 5.56 Å². The van der Waals surface area contributed by atoms with Gasteiger partial charge in [-0.15, -0.1) is 0 Å². The third kappa shape index (κ3) is 1.38. The summed E-state index contributed by atoms with van der Waals surface area (Å²) in [6, 6.07) is 5.39. The zero-order valence-electron chi connectivity index (χ0n) is 7.15. The smallest absolute Gasteiger partial charge is 0.155 e. The third-order valence-corrected chi connectivity index (χ3v) is 1.90. The van der Waals surface area contributed by atoms with E-state index >= 15 is 0 Å². The van der Waals surface area contributed by atoms with E-state index in [9.17, 15) is 5.11 Å². The van der Waals surface area contributed by atoms with Crippen molar-refractivity contribution in [3.05, 3.63) is 30.1 Å². The van der Waals surface area contributed by atoms with E-state index in [4.69, 9.17) is 0 Å². The lowest BCUT2D eigenvalue weighted by Gasteiger charge is -2.00. The number of aromatic nitrogens is 3.